The first-order valence-electron chi connectivity index (χ1n) is 7.34. The Morgan fingerprint density at radius 1 is 1.21 bits per heavy atom. The van der Waals surface area contributed by atoms with Crippen molar-refractivity contribution in [2.24, 2.45) is 0 Å². The molecule has 0 aliphatic heterocycles. The highest BCUT2D eigenvalue weighted by molar-refractivity contribution is 7.80. The monoisotopic (exact) mass is 362 g/mol. The molecule has 1 aromatic rings. The van der Waals surface area contributed by atoms with E-state index in [1.165, 1.54) is 0 Å². The van der Waals surface area contributed by atoms with Crippen molar-refractivity contribution in [3.8, 4) is 5.75 Å². The summed E-state index contributed by atoms with van der Waals surface area (Å²) in [6, 6.07) is 7.64. The van der Waals surface area contributed by atoms with Crippen LogP contribution in [0.5, 0.6) is 5.75 Å². The van der Waals surface area contributed by atoms with Gasteiger partial charge in [-0.1, -0.05) is 6.07 Å². The van der Waals surface area contributed by atoms with Gasteiger partial charge in [-0.05, 0) is 26.0 Å². The van der Waals surface area contributed by atoms with Crippen LogP contribution in [0.1, 0.15) is 13.8 Å². The number of quaternary nitrogens is 1. The standard InChI is InChI=1S/C14H23N2O2.CH4O4S/c1-6-15(7-2)14(17)18-13-10-8-9-12(11-13)16(3,4)5;1-5-6(2,3)4/h8-11H,6-7H2,1-5H3;1H3,(H,2,3,4)/q+1;/p-1. The van der Waals surface area contributed by atoms with Gasteiger partial charge in [0.15, 0.2) is 0 Å². The van der Waals surface area contributed by atoms with Gasteiger partial charge in [-0.3, -0.25) is 8.67 Å². The van der Waals surface area contributed by atoms with Gasteiger partial charge in [0.1, 0.15) is 11.4 Å². The molecule has 0 radical (unpaired) electrons. The van der Waals surface area contributed by atoms with Crippen molar-refractivity contribution in [3.05, 3.63) is 24.3 Å². The van der Waals surface area contributed by atoms with Crippen LogP contribution in [0.4, 0.5) is 10.5 Å². The first-order valence-corrected chi connectivity index (χ1v) is 8.68. The molecule has 1 rings (SSSR count). The molecule has 0 aromatic heterocycles. The molecule has 1 aromatic carbocycles. The molecule has 9 heteroatoms. The average Bonchev–Trinajstić information content (AvgIpc) is 2.48. The number of hydrogen-bond acceptors (Lipinski definition) is 6. The van der Waals surface area contributed by atoms with Crippen LogP contribution in [0.3, 0.4) is 0 Å². The fourth-order valence-corrected chi connectivity index (χ4v) is 1.61. The van der Waals surface area contributed by atoms with Crippen LogP contribution in [0.15, 0.2) is 24.3 Å². The minimum Gasteiger partial charge on any atom is -0.726 e. The van der Waals surface area contributed by atoms with Crippen LogP contribution in [-0.4, -0.2) is 65.3 Å². The molecule has 0 bridgehead atoms. The maximum atomic E-state index is 11.8. The highest BCUT2D eigenvalue weighted by atomic mass is 32.3. The van der Waals surface area contributed by atoms with Crippen molar-refractivity contribution in [3.63, 3.8) is 0 Å². The molecular weight excluding hydrogens is 336 g/mol. The fraction of sp³-hybridized carbons (Fsp3) is 0.533. The first kappa shape index (κ1) is 22.3. The zero-order valence-corrected chi connectivity index (χ0v) is 15.8. The van der Waals surface area contributed by atoms with Crippen LogP contribution < -0.4 is 9.22 Å². The summed E-state index contributed by atoms with van der Waals surface area (Å²) < 4.78 is 37.1. The molecule has 1 amide bonds. The second-order valence-corrected chi connectivity index (χ2v) is 6.77. The SMILES string of the molecule is CCN(CC)C(=O)Oc1cccc([N+](C)(C)C)c1.COS(=O)(=O)[O-]. The molecule has 0 unspecified atom stereocenters. The Balaban J connectivity index is 0.000000754. The lowest BCUT2D eigenvalue weighted by Crippen LogP contribution is -2.35. The minimum absolute atomic E-state index is 0.293. The summed E-state index contributed by atoms with van der Waals surface area (Å²) in [5.74, 6) is 0.595. The lowest BCUT2D eigenvalue weighted by molar-refractivity contribution is 0.157. The van der Waals surface area contributed by atoms with Crippen molar-refractivity contribution in [1.29, 1.82) is 0 Å². The number of rotatable bonds is 5. The lowest BCUT2D eigenvalue weighted by atomic mass is 10.2. The normalized spacial score (nSPS) is 11.3. The molecule has 138 valence electrons. The van der Waals surface area contributed by atoms with E-state index in [4.69, 9.17) is 4.74 Å². The summed E-state index contributed by atoms with van der Waals surface area (Å²) in [6.07, 6.45) is -0.293. The van der Waals surface area contributed by atoms with Crippen LogP contribution in [0, 0.1) is 0 Å². The van der Waals surface area contributed by atoms with Gasteiger partial charge in [-0.2, -0.15) is 0 Å². The van der Waals surface area contributed by atoms with Gasteiger partial charge in [0.25, 0.3) is 0 Å². The number of carbonyl (C=O) groups is 1. The predicted octanol–water partition coefficient (Wildman–Crippen LogP) is 1.82. The van der Waals surface area contributed by atoms with Crippen LogP contribution in [0.25, 0.3) is 0 Å². The Hall–Kier alpha value is -1.68. The van der Waals surface area contributed by atoms with Gasteiger partial charge in [-0.25, -0.2) is 13.2 Å². The van der Waals surface area contributed by atoms with Gasteiger partial charge < -0.3 is 14.2 Å². The van der Waals surface area contributed by atoms with Gasteiger partial charge in [0, 0.05) is 19.2 Å². The number of ether oxygens (including phenoxy) is 1. The van der Waals surface area contributed by atoms with E-state index in [2.05, 4.69) is 25.3 Å². The summed E-state index contributed by atoms with van der Waals surface area (Å²) >= 11 is 0. The van der Waals surface area contributed by atoms with Gasteiger partial charge in [0.2, 0.25) is 10.4 Å². The van der Waals surface area contributed by atoms with Crippen molar-refractivity contribution >= 4 is 22.2 Å². The molecular formula is C15H26N2O6S. The number of benzene rings is 1. The lowest BCUT2D eigenvalue weighted by Gasteiger charge is -2.24. The summed E-state index contributed by atoms with van der Waals surface area (Å²) in [6.45, 7) is 5.19. The van der Waals surface area contributed by atoms with Crippen LogP contribution in [-0.2, 0) is 14.6 Å². The first-order chi connectivity index (χ1) is 10.9. The Kier molecular flexibility index (Phi) is 8.91. The Morgan fingerprint density at radius 3 is 2.08 bits per heavy atom. The van der Waals surface area contributed by atoms with Crippen molar-refractivity contribution in [1.82, 2.24) is 9.38 Å². The number of hydrogen-bond donors (Lipinski definition) is 0. The highest BCUT2D eigenvalue weighted by Crippen LogP contribution is 2.23. The molecule has 0 heterocycles. The second kappa shape index (κ2) is 9.58. The third kappa shape index (κ3) is 8.82. The second-order valence-electron chi connectivity index (χ2n) is 5.62. The molecule has 0 spiro atoms. The molecule has 0 saturated heterocycles. The molecule has 0 atom stereocenters. The zero-order valence-electron chi connectivity index (χ0n) is 15.0. The maximum Gasteiger partial charge on any atom is 0.415 e. The molecule has 0 saturated carbocycles. The van der Waals surface area contributed by atoms with Crippen molar-refractivity contribution in [2.75, 3.05) is 41.3 Å². The third-order valence-electron chi connectivity index (χ3n) is 3.02. The van der Waals surface area contributed by atoms with E-state index in [1.807, 2.05) is 32.0 Å². The summed E-state index contributed by atoms with van der Waals surface area (Å²) in [4.78, 5) is 13.5. The Labute approximate surface area is 144 Å². The molecule has 0 N–H and O–H groups in total. The number of carbonyl (C=O) groups excluding carboxylic acids is 1. The fourth-order valence-electron chi connectivity index (χ4n) is 1.61. The van der Waals surface area contributed by atoms with E-state index in [0.29, 0.717) is 23.3 Å². The Morgan fingerprint density at radius 2 is 1.71 bits per heavy atom. The summed E-state index contributed by atoms with van der Waals surface area (Å²) in [7, 11) is 2.62. The van der Waals surface area contributed by atoms with Crippen molar-refractivity contribution < 1.29 is 26.7 Å². The molecule has 24 heavy (non-hydrogen) atoms. The van der Waals surface area contributed by atoms with Gasteiger partial charge in [0.05, 0.1) is 28.3 Å². The Bertz CT molecular complexity index is 621. The largest absolute Gasteiger partial charge is 0.726 e. The molecule has 0 aliphatic carbocycles. The molecule has 0 fully saturated rings. The summed E-state index contributed by atoms with van der Waals surface area (Å²) in [5, 5.41) is 0. The van der Waals surface area contributed by atoms with Crippen LogP contribution in [0.2, 0.25) is 0 Å². The van der Waals surface area contributed by atoms with E-state index < -0.39 is 10.4 Å². The molecule has 0 aliphatic rings. The van der Waals surface area contributed by atoms with Gasteiger partial charge in [-0.15, -0.1) is 0 Å². The highest BCUT2D eigenvalue weighted by Gasteiger charge is 2.16. The van der Waals surface area contributed by atoms with Gasteiger partial charge >= 0.3 is 6.09 Å². The van der Waals surface area contributed by atoms with E-state index in [9.17, 15) is 17.8 Å². The number of nitrogens with zero attached hydrogens (tertiary/aromatic N) is 2. The van der Waals surface area contributed by atoms with E-state index in [1.54, 1.807) is 11.0 Å². The number of amides is 1. The maximum absolute atomic E-state index is 11.8. The summed E-state index contributed by atoms with van der Waals surface area (Å²) in [5.41, 5.74) is 1.10. The van der Waals surface area contributed by atoms with E-state index in [-0.39, 0.29) is 6.09 Å². The van der Waals surface area contributed by atoms with Crippen molar-refractivity contribution in [2.45, 2.75) is 13.8 Å². The quantitative estimate of drug-likeness (QED) is 0.450. The third-order valence-corrected chi connectivity index (χ3v) is 3.43. The van der Waals surface area contributed by atoms with E-state index in [0.717, 1.165) is 12.8 Å². The topological polar surface area (TPSA) is 96.0 Å². The molecule has 8 nitrogen and oxygen atoms in total. The zero-order chi connectivity index (χ0) is 19.0. The minimum atomic E-state index is -4.41. The van der Waals surface area contributed by atoms with E-state index >= 15 is 0 Å². The van der Waals surface area contributed by atoms with Crippen LogP contribution >= 0.6 is 0 Å². The average molecular weight is 362 g/mol. The predicted molar refractivity (Wildman–Crippen MR) is 91.7 cm³/mol. The smallest absolute Gasteiger partial charge is 0.415 e.